The van der Waals surface area contributed by atoms with E-state index in [9.17, 15) is 18.0 Å². The highest BCUT2D eigenvalue weighted by Gasteiger charge is 2.31. The number of carbonyl (C=O) groups is 1. The Hall–Kier alpha value is -1.80. The molecule has 0 aliphatic heterocycles. The summed E-state index contributed by atoms with van der Waals surface area (Å²) >= 11 is 6.80. The van der Waals surface area contributed by atoms with Crippen LogP contribution in [0.5, 0.6) is 5.75 Å². The SMILES string of the molecule is O=C(Nc1nc(CCl)cs1)c1ccc(OC(F)(F)F)cc1. The molecule has 0 aliphatic rings. The molecule has 0 bridgehead atoms. The number of ether oxygens (including phenoxy) is 1. The molecule has 2 aromatic rings. The molecule has 4 nitrogen and oxygen atoms in total. The first kappa shape index (κ1) is 15.6. The average molecular weight is 337 g/mol. The number of rotatable bonds is 4. The number of amides is 1. The summed E-state index contributed by atoms with van der Waals surface area (Å²) in [5, 5.41) is 4.59. The quantitative estimate of drug-likeness (QED) is 0.857. The maximum atomic E-state index is 12.0. The largest absolute Gasteiger partial charge is 0.573 e. The van der Waals surface area contributed by atoms with E-state index in [1.54, 1.807) is 5.38 Å². The van der Waals surface area contributed by atoms with Crippen LogP contribution in [0.2, 0.25) is 0 Å². The first-order valence-corrected chi connectivity index (χ1v) is 6.96. The molecule has 0 saturated carbocycles. The van der Waals surface area contributed by atoms with Crippen LogP contribution in [0.15, 0.2) is 29.6 Å². The maximum absolute atomic E-state index is 12.0. The number of hydrogen-bond acceptors (Lipinski definition) is 4. The Morgan fingerprint density at radius 3 is 2.52 bits per heavy atom. The topological polar surface area (TPSA) is 51.2 Å². The second-order valence-electron chi connectivity index (χ2n) is 3.80. The number of aromatic nitrogens is 1. The van der Waals surface area contributed by atoms with Gasteiger partial charge in [-0.2, -0.15) is 0 Å². The first-order chi connectivity index (χ1) is 9.87. The Morgan fingerprint density at radius 2 is 2.00 bits per heavy atom. The van der Waals surface area contributed by atoms with Gasteiger partial charge in [0.1, 0.15) is 5.75 Å². The van der Waals surface area contributed by atoms with Crippen molar-refractivity contribution in [3.63, 3.8) is 0 Å². The third-order valence-corrected chi connectivity index (χ3v) is 3.34. The van der Waals surface area contributed by atoms with Gasteiger partial charge in [-0.3, -0.25) is 10.1 Å². The van der Waals surface area contributed by atoms with Crippen molar-refractivity contribution in [3.05, 3.63) is 40.9 Å². The highest BCUT2D eigenvalue weighted by molar-refractivity contribution is 7.14. The van der Waals surface area contributed by atoms with Crippen molar-refractivity contribution in [2.24, 2.45) is 0 Å². The number of nitrogens with zero attached hydrogens (tertiary/aromatic N) is 1. The van der Waals surface area contributed by atoms with E-state index in [-0.39, 0.29) is 11.4 Å². The van der Waals surface area contributed by atoms with Crippen molar-refractivity contribution in [1.29, 1.82) is 0 Å². The standard InChI is InChI=1S/C12H8ClF3N2O2S/c13-5-8-6-21-11(17-8)18-10(19)7-1-3-9(4-2-7)20-12(14,15)16/h1-4,6H,5H2,(H,17,18,19). The van der Waals surface area contributed by atoms with E-state index in [4.69, 9.17) is 11.6 Å². The summed E-state index contributed by atoms with van der Waals surface area (Å²) < 4.78 is 39.7. The van der Waals surface area contributed by atoms with Gasteiger partial charge in [0.05, 0.1) is 11.6 Å². The predicted molar refractivity (Wildman–Crippen MR) is 72.7 cm³/mol. The molecule has 1 aromatic heterocycles. The van der Waals surface area contributed by atoms with Gasteiger partial charge in [0.15, 0.2) is 5.13 Å². The molecular formula is C12H8ClF3N2O2S. The number of nitrogens with one attached hydrogen (secondary N) is 1. The molecule has 9 heteroatoms. The fourth-order valence-corrected chi connectivity index (χ4v) is 2.34. The lowest BCUT2D eigenvalue weighted by atomic mass is 10.2. The molecule has 2 rings (SSSR count). The number of thiazole rings is 1. The number of anilines is 1. The zero-order valence-electron chi connectivity index (χ0n) is 10.3. The number of hydrogen-bond donors (Lipinski definition) is 1. The lowest BCUT2D eigenvalue weighted by Crippen LogP contribution is -2.17. The van der Waals surface area contributed by atoms with Gasteiger partial charge >= 0.3 is 6.36 Å². The van der Waals surface area contributed by atoms with Gasteiger partial charge in [-0.05, 0) is 24.3 Å². The van der Waals surface area contributed by atoms with Crippen LogP contribution in [0.25, 0.3) is 0 Å². The van der Waals surface area contributed by atoms with E-state index in [1.807, 2.05) is 0 Å². The van der Waals surface area contributed by atoms with Crippen LogP contribution in [0, 0.1) is 0 Å². The predicted octanol–water partition coefficient (Wildman–Crippen LogP) is 4.03. The fraction of sp³-hybridized carbons (Fsp3) is 0.167. The number of carbonyl (C=O) groups excluding carboxylic acids is 1. The Kier molecular flexibility index (Phi) is 4.69. The molecule has 1 N–H and O–H groups in total. The average Bonchev–Trinajstić information content (AvgIpc) is 2.85. The second-order valence-corrected chi connectivity index (χ2v) is 4.93. The van der Waals surface area contributed by atoms with Crippen LogP contribution in [-0.4, -0.2) is 17.3 Å². The third-order valence-electron chi connectivity index (χ3n) is 2.26. The van der Waals surface area contributed by atoms with Gasteiger partial charge in [0.2, 0.25) is 0 Å². The molecule has 0 fully saturated rings. The monoisotopic (exact) mass is 336 g/mol. The van der Waals surface area contributed by atoms with Crippen LogP contribution >= 0.6 is 22.9 Å². The Morgan fingerprint density at radius 1 is 1.33 bits per heavy atom. The molecular weight excluding hydrogens is 329 g/mol. The Bertz CT molecular complexity index is 628. The third kappa shape index (κ3) is 4.61. The van der Waals surface area contributed by atoms with Crippen LogP contribution in [0.3, 0.4) is 0 Å². The second kappa shape index (κ2) is 6.31. The molecule has 0 aliphatic carbocycles. The van der Waals surface area contributed by atoms with Crippen molar-refractivity contribution in [2.45, 2.75) is 12.2 Å². The summed E-state index contributed by atoms with van der Waals surface area (Å²) in [7, 11) is 0. The van der Waals surface area contributed by atoms with Crippen LogP contribution < -0.4 is 10.1 Å². The molecule has 1 aromatic carbocycles. The molecule has 1 amide bonds. The van der Waals surface area contributed by atoms with E-state index >= 15 is 0 Å². The zero-order valence-corrected chi connectivity index (χ0v) is 11.9. The summed E-state index contributed by atoms with van der Waals surface area (Å²) in [6.45, 7) is 0. The van der Waals surface area contributed by atoms with Crippen LogP contribution in [0.4, 0.5) is 18.3 Å². The van der Waals surface area contributed by atoms with E-state index in [1.165, 1.54) is 23.5 Å². The van der Waals surface area contributed by atoms with Crippen molar-refractivity contribution in [2.75, 3.05) is 5.32 Å². The summed E-state index contributed by atoms with van der Waals surface area (Å²) in [5.41, 5.74) is 0.818. The summed E-state index contributed by atoms with van der Waals surface area (Å²) in [6.07, 6.45) is -4.76. The van der Waals surface area contributed by atoms with Crippen molar-refractivity contribution in [1.82, 2.24) is 4.98 Å². The minimum Gasteiger partial charge on any atom is -0.406 e. The first-order valence-electron chi connectivity index (χ1n) is 5.55. The highest BCUT2D eigenvalue weighted by atomic mass is 35.5. The van der Waals surface area contributed by atoms with Gasteiger partial charge in [-0.25, -0.2) is 4.98 Å². The molecule has 21 heavy (non-hydrogen) atoms. The minimum absolute atomic E-state index is 0.187. The number of halogens is 4. The minimum atomic E-state index is -4.76. The Labute approximate surface area is 126 Å². The molecule has 0 spiro atoms. The summed E-state index contributed by atoms with van der Waals surface area (Å²) in [5.74, 6) is -0.641. The Balaban J connectivity index is 2.02. The van der Waals surface area contributed by atoms with Gasteiger partial charge in [0.25, 0.3) is 5.91 Å². The highest BCUT2D eigenvalue weighted by Crippen LogP contribution is 2.23. The lowest BCUT2D eigenvalue weighted by molar-refractivity contribution is -0.274. The van der Waals surface area contributed by atoms with Crippen molar-refractivity contribution >= 4 is 34.0 Å². The van der Waals surface area contributed by atoms with Crippen LogP contribution in [-0.2, 0) is 5.88 Å². The van der Waals surface area contributed by atoms with Crippen LogP contribution in [0.1, 0.15) is 16.1 Å². The molecule has 0 atom stereocenters. The lowest BCUT2D eigenvalue weighted by Gasteiger charge is -2.09. The molecule has 112 valence electrons. The van der Waals surface area contributed by atoms with Crippen molar-refractivity contribution < 1.29 is 22.7 Å². The van der Waals surface area contributed by atoms with Gasteiger partial charge in [-0.1, -0.05) is 0 Å². The number of benzene rings is 1. The van der Waals surface area contributed by atoms with E-state index in [0.717, 1.165) is 12.1 Å². The molecule has 0 saturated heterocycles. The number of alkyl halides is 4. The smallest absolute Gasteiger partial charge is 0.406 e. The van der Waals surface area contributed by atoms with Crippen molar-refractivity contribution in [3.8, 4) is 5.75 Å². The molecule has 0 radical (unpaired) electrons. The normalized spacial score (nSPS) is 11.2. The van der Waals surface area contributed by atoms with E-state index in [0.29, 0.717) is 10.8 Å². The van der Waals surface area contributed by atoms with Gasteiger partial charge in [0, 0.05) is 10.9 Å². The van der Waals surface area contributed by atoms with E-state index in [2.05, 4.69) is 15.0 Å². The maximum Gasteiger partial charge on any atom is 0.573 e. The van der Waals surface area contributed by atoms with E-state index < -0.39 is 18.0 Å². The zero-order chi connectivity index (χ0) is 15.5. The summed E-state index contributed by atoms with van der Waals surface area (Å²) in [4.78, 5) is 15.9. The molecule has 0 unspecified atom stereocenters. The summed E-state index contributed by atoms with van der Waals surface area (Å²) in [6, 6.07) is 4.59. The van der Waals surface area contributed by atoms with Gasteiger partial charge in [-0.15, -0.1) is 36.1 Å². The fourth-order valence-electron chi connectivity index (χ4n) is 1.40. The van der Waals surface area contributed by atoms with Gasteiger partial charge < -0.3 is 4.74 Å². The molecule has 1 heterocycles.